The molecule has 1 amide bonds. The summed E-state index contributed by atoms with van der Waals surface area (Å²) >= 11 is 1.30. The van der Waals surface area contributed by atoms with Crippen molar-refractivity contribution in [2.24, 2.45) is 0 Å². The summed E-state index contributed by atoms with van der Waals surface area (Å²) in [7, 11) is 0. The number of rotatable bonds is 7. The van der Waals surface area contributed by atoms with Gasteiger partial charge in [-0.3, -0.25) is 14.5 Å². The van der Waals surface area contributed by atoms with Gasteiger partial charge in [0.05, 0.1) is 17.3 Å². The maximum absolute atomic E-state index is 12.6. The number of amides is 1. The van der Waals surface area contributed by atoms with E-state index in [9.17, 15) is 9.59 Å². The third-order valence-electron chi connectivity index (χ3n) is 5.98. The van der Waals surface area contributed by atoms with Crippen molar-refractivity contribution in [2.75, 3.05) is 6.54 Å². The number of hydrogen-bond donors (Lipinski definition) is 2. The number of aromatic amines is 1. The van der Waals surface area contributed by atoms with Crippen molar-refractivity contribution in [1.82, 2.24) is 20.2 Å². The quantitative estimate of drug-likeness (QED) is 0.599. The van der Waals surface area contributed by atoms with Crippen LogP contribution in [0.3, 0.4) is 0 Å². The van der Waals surface area contributed by atoms with E-state index in [4.69, 9.17) is 0 Å². The molecule has 1 aliphatic rings. The van der Waals surface area contributed by atoms with Gasteiger partial charge < -0.3 is 10.3 Å². The highest BCUT2D eigenvalue weighted by Crippen LogP contribution is 2.24. The van der Waals surface area contributed by atoms with E-state index < -0.39 is 0 Å². The molecule has 0 unspecified atom stereocenters. The summed E-state index contributed by atoms with van der Waals surface area (Å²) in [6.07, 6.45) is 8.06. The normalized spacial score (nSPS) is 15.0. The first kappa shape index (κ1) is 20.8. The number of fused-ring (bicyclic) bond motifs is 1. The number of benzene rings is 1. The molecule has 6 nitrogen and oxygen atoms in total. The summed E-state index contributed by atoms with van der Waals surface area (Å²) < 4.78 is 0. The smallest absolute Gasteiger partial charge is 0.260 e. The Balaban J connectivity index is 1.36. The molecule has 1 aromatic carbocycles. The van der Waals surface area contributed by atoms with Crippen molar-refractivity contribution in [1.29, 1.82) is 0 Å². The number of carbonyl (C=O) groups excluding carboxylic acids is 1. The molecular weight excluding hydrogens is 396 g/mol. The lowest BCUT2D eigenvalue weighted by atomic mass is 9.94. The summed E-state index contributed by atoms with van der Waals surface area (Å²) in [5.41, 5.74) is 2.44. The van der Waals surface area contributed by atoms with E-state index in [2.05, 4.69) is 51.4 Å². The monoisotopic (exact) mass is 424 g/mol. The van der Waals surface area contributed by atoms with Crippen molar-refractivity contribution in [3.05, 3.63) is 63.0 Å². The molecule has 1 fully saturated rings. The van der Waals surface area contributed by atoms with Crippen LogP contribution in [0.4, 0.5) is 0 Å². The molecule has 0 radical (unpaired) electrons. The number of aromatic nitrogens is 2. The van der Waals surface area contributed by atoms with Gasteiger partial charge in [-0.05, 0) is 30.5 Å². The molecule has 158 valence electrons. The van der Waals surface area contributed by atoms with Gasteiger partial charge in [-0.2, -0.15) is 0 Å². The van der Waals surface area contributed by atoms with Crippen molar-refractivity contribution in [2.45, 2.75) is 58.2 Å². The van der Waals surface area contributed by atoms with Crippen molar-refractivity contribution < 1.29 is 4.79 Å². The van der Waals surface area contributed by atoms with Crippen LogP contribution < -0.4 is 10.9 Å². The van der Waals surface area contributed by atoms with Crippen LogP contribution in [0.5, 0.6) is 0 Å². The number of H-pyrrole nitrogens is 1. The lowest BCUT2D eigenvalue weighted by Crippen LogP contribution is -2.36. The highest BCUT2D eigenvalue weighted by Gasteiger charge is 2.20. The van der Waals surface area contributed by atoms with E-state index in [1.54, 1.807) is 5.38 Å². The van der Waals surface area contributed by atoms with Gasteiger partial charge in [0.2, 0.25) is 0 Å². The van der Waals surface area contributed by atoms with Gasteiger partial charge >= 0.3 is 0 Å². The van der Waals surface area contributed by atoms with E-state index >= 15 is 0 Å². The Bertz CT molecular complexity index is 1050. The Labute approximate surface area is 180 Å². The summed E-state index contributed by atoms with van der Waals surface area (Å²) in [4.78, 5) is 34.4. The second kappa shape index (κ2) is 9.53. The Morgan fingerprint density at radius 3 is 2.67 bits per heavy atom. The Hall–Kier alpha value is -2.51. The average Bonchev–Trinajstić information content (AvgIpc) is 3.23. The maximum Gasteiger partial charge on any atom is 0.260 e. The summed E-state index contributed by atoms with van der Waals surface area (Å²) in [5, 5.41) is 4.97. The molecule has 30 heavy (non-hydrogen) atoms. The third-order valence-corrected chi connectivity index (χ3v) is 6.87. The SMILES string of the molecule is CCN(Cc1ccc(CNC(=O)c2csc3nc[nH]c(=O)c23)cc1)C1CCCCC1. The zero-order valence-electron chi connectivity index (χ0n) is 17.3. The highest BCUT2D eigenvalue weighted by atomic mass is 32.1. The fourth-order valence-corrected chi connectivity index (χ4v) is 5.16. The lowest BCUT2D eigenvalue weighted by molar-refractivity contribution is 0.0953. The maximum atomic E-state index is 12.6. The Morgan fingerprint density at radius 1 is 1.20 bits per heavy atom. The fraction of sp³-hybridized carbons (Fsp3) is 0.435. The number of nitrogens with zero attached hydrogens (tertiary/aromatic N) is 2. The van der Waals surface area contributed by atoms with Crippen molar-refractivity contribution in [3.63, 3.8) is 0 Å². The fourth-order valence-electron chi connectivity index (χ4n) is 4.27. The van der Waals surface area contributed by atoms with Crippen LogP contribution in [0, 0.1) is 0 Å². The van der Waals surface area contributed by atoms with Crippen LogP contribution in [-0.4, -0.2) is 33.4 Å². The second-order valence-corrected chi connectivity index (χ2v) is 8.77. The molecule has 2 heterocycles. The number of thiophene rings is 1. The zero-order valence-corrected chi connectivity index (χ0v) is 18.1. The average molecular weight is 425 g/mol. The second-order valence-electron chi connectivity index (χ2n) is 7.92. The molecule has 2 aromatic heterocycles. The van der Waals surface area contributed by atoms with Gasteiger partial charge in [0.25, 0.3) is 11.5 Å². The minimum atomic E-state index is -0.283. The summed E-state index contributed by atoms with van der Waals surface area (Å²) in [6.45, 7) is 4.72. The first-order valence-corrected chi connectivity index (χ1v) is 11.6. The minimum absolute atomic E-state index is 0.252. The molecular formula is C23H28N4O2S. The standard InChI is InChI=1S/C23H28N4O2S/c1-2-27(18-6-4-3-5-7-18)13-17-10-8-16(9-11-17)12-24-21(28)19-14-30-23-20(19)22(29)25-15-26-23/h8-11,14-15,18H,2-7,12-13H2,1H3,(H,24,28)(H,25,26,29). The van der Waals surface area contributed by atoms with Gasteiger partial charge in [0.15, 0.2) is 0 Å². The van der Waals surface area contributed by atoms with Crippen LogP contribution >= 0.6 is 11.3 Å². The first-order valence-electron chi connectivity index (χ1n) is 10.7. The molecule has 7 heteroatoms. The van der Waals surface area contributed by atoms with Crippen LogP contribution in [0.1, 0.15) is 60.5 Å². The predicted molar refractivity (Wildman–Crippen MR) is 121 cm³/mol. The van der Waals surface area contributed by atoms with Crippen LogP contribution in [0.2, 0.25) is 0 Å². The van der Waals surface area contributed by atoms with Gasteiger partial charge in [0, 0.05) is 24.5 Å². The van der Waals surface area contributed by atoms with Crippen LogP contribution in [0.15, 0.2) is 40.8 Å². The Kier molecular flexibility index (Phi) is 6.59. The molecule has 4 rings (SSSR count). The number of nitrogens with one attached hydrogen (secondary N) is 2. The van der Waals surface area contributed by atoms with Gasteiger partial charge in [-0.25, -0.2) is 4.98 Å². The van der Waals surface area contributed by atoms with Gasteiger partial charge in [-0.15, -0.1) is 11.3 Å². The zero-order chi connectivity index (χ0) is 20.9. The molecule has 0 spiro atoms. The molecule has 2 N–H and O–H groups in total. The highest BCUT2D eigenvalue weighted by molar-refractivity contribution is 7.17. The van der Waals surface area contributed by atoms with Crippen molar-refractivity contribution >= 4 is 27.5 Å². The first-order chi connectivity index (χ1) is 14.7. The molecule has 0 saturated heterocycles. The van der Waals surface area contributed by atoms with Crippen LogP contribution in [0.25, 0.3) is 10.2 Å². The summed E-state index contributed by atoms with van der Waals surface area (Å²) in [5.74, 6) is -0.252. The van der Waals surface area contributed by atoms with E-state index in [1.807, 2.05) is 0 Å². The lowest BCUT2D eigenvalue weighted by Gasteiger charge is -2.33. The molecule has 0 aliphatic heterocycles. The molecule has 0 bridgehead atoms. The molecule has 1 saturated carbocycles. The Morgan fingerprint density at radius 2 is 1.93 bits per heavy atom. The van der Waals surface area contributed by atoms with E-state index in [1.165, 1.54) is 55.3 Å². The largest absolute Gasteiger partial charge is 0.348 e. The predicted octanol–water partition coefficient (Wildman–Crippen LogP) is 4.07. The summed E-state index contributed by atoms with van der Waals surface area (Å²) in [6, 6.07) is 9.17. The van der Waals surface area contributed by atoms with Crippen LogP contribution in [-0.2, 0) is 13.1 Å². The van der Waals surface area contributed by atoms with E-state index in [0.717, 1.165) is 18.7 Å². The third kappa shape index (κ3) is 4.63. The van der Waals surface area contributed by atoms with E-state index in [0.29, 0.717) is 28.4 Å². The van der Waals surface area contributed by atoms with E-state index in [-0.39, 0.29) is 11.5 Å². The van der Waals surface area contributed by atoms with Gasteiger partial charge in [0.1, 0.15) is 4.83 Å². The van der Waals surface area contributed by atoms with Crippen molar-refractivity contribution in [3.8, 4) is 0 Å². The molecule has 0 atom stereocenters. The molecule has 1 aliphatic carbocycles. The molecule has 3 aromatic rings. The number of hydrogen-bond acceptors (Lipinski definition) is 5. The minimum Gasteiger partial charge on any atom is -0.348 e. The number of carbonyl (C=O) groups is 1. The topological polar surface area (TPSA) is 78.1 Å². The van der Waals surface area contributed by atoms with Gasteiger partial charge in [-0.1, -0.05) is 50.5 Å².